The molecule has 3 aromatic rings. The van der Waals surface area contributed by atoms with E-state index in [1.165, 1.54) is 10.1 Å². The topological polar surface area (TPSA) is 63.8 Å². The SMILES string of the molecule is CNc1cc(-c2csc3ccccc23)nc(N)n1. The molecular formula is C13H12N4S. The van der Waals surface area contributed by atoms with E-state index in [4.69, 9.17) is 5.73 Å². The van der Waals surface area contributed by atoms with Crippen LogP contribution in [0.25, 0.3) is 21.3 Å². The van der Waals surface area contributed by atoms with Crippen molar-refractivity contribution in [3.8, 4) is 11.3 Å². The zero-order chi connectivity index (χ0) is 12.5. The molecule has 3 rings (SSSR count). The molecule has 0 aliphatic heterocycles. The van der Waals surface area contributed by atoms with Gasteiger partial charge < -0.3 is 11.1 Å². The molecule has 0 bridgehead atoms. The molecule has 0 saturated heterocycles. The minimum Gasteiger partial charge on any atom is -0.373 e. The first-order valence-corrected chi connectivity index (χ1v) is 6.45. The van der Waals surface area contributed by atoms with Gasteiger partial charge in [0.2, 0.25) is 5.95 Å². The second-order valence-corrected chi connectivity index (χ2v) is 4.80. The summed E-state index contributed by atoms with van der Waals surface area (Å²) < 4.78 is 1.25. The van der Waals surface area contributed by atoms with Gasteiger partial charge in [-0.25, -0.2) is 4.98 Å². The molecule has 0 saturated carbocycles. The van der Waals surface area contributed by atoms with Crippen molar-refractivity contribution >= 4 is 33.2 Å². The number of hydrogen-bond donors (Lipinski definition) is 2. The highest BCUT2D eigenvalue weighted by molar-refractivity contribution is 7.17. The number of thiophene rings is 1. The molecule has 0 aliphatic carbocycles. The molecule has 0 amide bonds. The van der Waals surface area contributed by atoms with Crippen LogP contribution in [0.3, 0.4) is 0 Å². The van der Waals surface area contributed by atoms with Crippen molar-refractivity contribution in [2.75, 3.05) is 18.1 Å². The summed E-state index contributed by atoms with van der Waals surface area (Å²) in [5.41, 5.74) is 7.68. The first-order chi connectivity index (χ1) is 8.78. The van der Waals surface area contributed by atoms with E-state index in [2.05, 4.69) is 32.8 Å². The lowest BCUT2D eigenvalue weighted by Gasteiger charge is -2.04. The first-order valence-electron chi connectivity index (χ1n) is 5.57. The summed E-state index contributed by atoms with van der Waals surface area (Å²) in [4.78, 5) is 8.41. The fraction of sp³-hybridized carbons (Fsp3) is 0.0769. The average molecular weight is 256 g/mol. The highest BCUT2D eigenvalue weighted by Crippen LogP contribution is 2.33. The van der Waals surface area contributed by atoms with E-state index in [-0.39, 0.29) is 5.95 Å². The lowest BCUT2D eigenvalue weighted by Crippen LogP contribution is -2.00. The van der Waals surface area contributed by atoms with Gasteiger partial charge in [-0.3, -0.25) is 0 Å². The third-order valence-electron chi connectivity index (χ3n) is 2.76. The van der Waals surface area contributed by atoms with Crippen LogP contribution in [0, 0.1) is 0 Å². The number of hydrogen-bond acceptors (Lipinski definition) is 5. The van der Waals surface area contributed by atoms with Crippen LogP contribution in [-0.4, -0.2) is 17.0 Å². The lowest BCUT2D eigenvalue weighted by molar-refractivity contribution is 1.18. The fourth-order valence-corrected chi connectivity index (χ4v) is 2.86. The van der Waals surface area contributed by atoms with Crippen molar-refractivity contribution in [3.63, 3.8) is 0 Å². The summed E-state index contributed by atoms with van der Waals surface area (Å²) in [7, 11) is 1.82. The van der Waals surface area contributed by atoms with Crippen LogP contribution in [0.5, 0.6) is 0 Å². The van der Waals surface area contributed by atoms with Gasteiger partial charge in [0.15, 0.2) is 0 Å². The van der Waals surface area contributed by atoms with Crippen molar-refractivity contribution in [1.29, 1.82) is 0 Å². The van der Waals surface area contributed by atoms with E-state index in [1.54, 1.807) is 11.3 Å². The Labute approximate surface area is 109 Å². The number of nitrogens with zero attached hydrogens (tertiary/aromatic N) is 2. The zero-order valence-corrected chi connectivity index (χ0v) is 10.7. The maximum absolute atomic E-state index is 5.73. The molecule has 0 radical (unpaired) electrons. The Morgan fingerprint density at radius 3 is 2.89 bits per heavy atom. The average Bonchev–Trinajstić information content (AvgIpc) is 2.81. The van der Waals surface area contributed by atoms with E-state index >= 15 is 0 Å². The van der Waals surface area contributed by atoms with Gasteiger partial charge in [-0.05, 0) is 6.07 Å². The monoisotopic (exact) mass is 256 g/mol. The molecule has 4 nitrogen and oxygen atoms in total. The number of nitrogen functional groups attached to an aromatic ring is 1. The Bertz CT molecular complexity index is 705. The number of anilines is 2. The standard InChI is InChI=1S/C13H12N4S/c1-15-12-6-10(16-13(14)17-12)9-7-18-11-5-3-2-4-8(9)11/h2-7H,1H3,(H3,14,15,16,17). The van der Waals surface area contributed by atoms with E-state index in [9.17, 15) is 0 Å². The second-order valence-electron chi connectivity index (χ2n) is 3.89. The van der Waals surface area contributed by atoms with Crippen LogP contribution in [0.1, 0.15) is 0 Å². The number of fused-ring (bicyclic) bond motifs is 1. The summed E-state index contributed by atoms with van der Waals surface area (Å²) in [5, 5.41) is 6.29. The van der Waals surface area contributed by atoms with E-state index in [1.807, 2.05) is 25.2 Å². The van der Waals surface area contributed by atoms with Gasteiger partial charge in [-0.2, -0.15) is 4.98 Å². The van der Waals surface area contributed by atoms with Crippen LogP contribution >= 0.6 is 11.3 Å². The molecule has 0 fully saturated rings. The molecule has 90 valence electrons. The molecule has 2 heterocycles. The molecule has 3 N–H and O–H groups in total. The summed E-state index contributed by atoms with van der Waals surface area (Å²) in [6, 6.07) is 10.2. The van der Waals surface area contributed by atoms with Crippen molar-refractivity contribution in [2.24, 2.45) is 0 Å². The molecule has 0 atom stereocenters. The molecule has 0 aliphatic rings. The summed E-state index contributed by atoms with van der Waals surface area (Å²) in [6.45, 7) is 0. The minimum absolute atomic E-state index is 0.284. The maximum Gasteiger partial charge on any atom is 0.222 e. The van der Waals surface area contributed by atoms with Gasteiger partial charge in [-0.1, -0.05) is 18.2 Å². The first kappa shape index (κ1) is 11.0. The summed E-state index contributed by atoms with van der Waals surface area (Å²) in [6.07, 6.45) is 0. The number of aromatic nitrogens is 2. The second kappa shape index (κ2) is 4.27. The Morgan fingerprint density at radius 2 is 2.06 bits per heavy atom. The molecule has 5 heteroatoms. The van der Waals surface area contributed by atoms with Crippen molar-refractivity contribution in [2.45, 2.75) is 0 Å². The van der Waals surface area contributed by atoms with Crippen LogP contribution in [-0.2, 0) is 0 Å². The molecular weight excluding hydrogens is 244 g/mol. The molecule has 0 unspecified atom stereocenters. The van der Waals surface area contributed by atoms with Gasteiger partial charge in [0, 0.05) is 34.1 Å². The normalized spacial score (nSPS) is 10.7. The third kappa shape index (κ3) is 1.78. The third-order valence-corrected chi connectivity index (χ3v) is 3.72. The van der Waals surface area contributed by atoms with Crippen LogP contribution < -0.4 is 11.1 Å². The summed E-state index contributed by atoms with van der Waals surface area (Å²) >= 11 is 1.71. The number of nitrogens with two attached hydrogens (primary N) is 1. The van der Waals surface area contributed by atoms with Gasteiger partial charge in [0.05, 0.1) is 5.69 Å². The minimum atomic E-state index is 0.284. The van der Waals surface area contributed by atoms with Crippen LogP contribution in [0.4, 0.5) is 11.8 Å². The fourth-order valence-electron chi connectivity index (χ4n) is 1.91. The quantitative estimate of drug-likeness (QED) is 0.740. The zero-order valence-electron chi connectivity index (χ0n) is 9.84. The van der Waals surface area contributed by atoms with E-state index in [0.29, 0.717) is 0 Å². The number of rotatable bonds is 2. The van der Waals surface area contributed by atoms with Crippen molar-refractivity contribution in [3.05, 3.63) is 35.7 Å². The maximum atomic E-state index is 5.73. The van der Waals surface area contributed by atoms with Gasteiger partial charge >= 0.3 is 0 Å². The predicted octanol–water partition coefficient (Wildman–Crippen LogP) is 2.98. The van der Waals surface area contributed by atoms with Crippen LogP contribution in [0.15, 0.2) is 35.7 Å². The molecule has 2 aromatic heterocycles. The predicted molar refractivity (Wildman–Crippen MR) is 76.8 cm³/mol. The Morgan fingerprint density at radius 1 is 1.22 bits per heavy atom. The Kier molecular flexibility index (Phi) is 2.60. The van der Waals surface area contributed by atoms with Gasteiger partial charge in [-0.15, -0.1) is 11.3 Å². The van der Waals surface area contributed by atoms with Gasteiger partial charge in [0.1, 0.15) is 5.82 Å². The Balaban J connectivity index is 2.22. The van der Waals surface area contributed by atoms with E-state index in [0.717, 1.165) is 17.1 Å². The number of nitrogens with one attached hydrogen (secondary N) is 1. The van der Waals surface area contributed by atoms with Crippen LogP contribution in [0.2, 0.25) is 0 Å². The molecule has 0 spiro atoms. The Hall–Kier alpha value is -2.14. The summed E-state index contributed by atoms with van der Waals surface area (Å²) in [5.74, 6) is 1.01. The highest BCUT2D eigenvalue weighted by atomic mass is 32.1. The largest absolute Gasteiger partial charge is 0.373 e. The van der Waals surface area contributed by atoms with Crippen molar-refractivity contribution in [1.82, 2.24) is 9.97 Å². The molecule has 18 heavy (non-hydrogen) atoms. The van der Waals surface area contributed by atoms with E-state index < -0.39 is 0 Å². The highest BCUT2D eigenvalue weighted by Gasteiger charge is 2.09. The smallest absolute Gasteiger partial charge is 0.222 e. The van der Waals surface area contributed by atoms with Gasteiger partial charge in [0.25, 0.3) is 0 Å². The lowest BCUT2D eigenvalue weighted by atomic mass is 10.1. The molecule has 1 aromatic carbocycles. The number of benzene rings is 1. The van der Waals surface area contributed by atoms with Crippen molar-refractivity contribution < 1.29 is 0 Å².